The molecule has 0 unspecified atom stereocenters. The Labute approximate surface area is 158 Å². The zero-order valence-corrected chi connectivity index (χ0v) is 17.4. The van der Waals surface area contributed by atoms with Crippen LogP contribution >= 0.6 is 0 Å². The first-order valence-electron chi connectivity index (χ1n) is 9.17. The Bertz CT molecular complexity index is 772. The lowest BCUT2D eigenvalue weighted by Gasteiger charge is -2.22. The third-order valence-corrected chi connectivity index (χ3v) is 4.83. The van der Waals surface area contributed by atoms with Crippen molar-refractivity contribution in [1.82, 2.24) is 0 Å². The van der Waals surface area contributed by atoms with Gasteiger partial charge in [0.15, 0.2) is 0 Å². The summed E-state index contributed by atoms with van der Waals surface area (Å²) < 4.78 is 0. The zero-order valence-electron chi connectivity index (χ0n) is 17.4. The summed E-state index contributed by atoms with van der Waals surface area (Å²) in [6, 6.07) is 7.82. The van der Waals surface area contributed by atoms with E-state index in [9.17, 15) is 10.2 Å². The summed E-state index contributed by atoms with van der Waals surface area (Å²) in [6.45, 7) is 16.6. The molecule has 0 bridgehead atoms. The number of phenols is 2. The number of hydrogen-bond acceptors (Lipinski definition) is 2. The third kappa shape index (κ3) is 4.30. The van der Waals surface area contributed by atoms with Gasteiger partial charge in [-0.15, -0.1) is 0 Å². The lowest BCUT2D eigenvalue weighted by molar-refractivity contribution is 0.445. The molecule has 2 aromatic carbocycles. The van der Waals surface area contributed by atoms with Crippen molar-refractivity contribution in [2.75, 3.05) is 0 Å². The van der Waals surface area contributed by atoms with Gasteiger partial charge in [0.25, 0.3) is 0 Å². The van der Waals surface area contributed by atoms with Gasteiger partial charge < -0.3 is 10.2 Å². The van der Waals surface area contributed by atoms with Crippen LogP contribution in [0.5, 0.6) is 11.5 Å². The van der Waals surface area contributed by atoms with E-state index in [-0.39, 0.29) is 10.8 Å². The van der Waals surface area contributed by atoms with Crippen molar-refractivity contribution in [3.05, 3.63) is 57.6 Å². The highest BCUT2D eigenvalue weighted by Gasteiger charge is 2.20. The second-order valence-electron chi connectivity index (χ2n) is 9.29. The van der Waals surface area contributed by atoms with Gasteiger partial charge in [-0.1, -0.05) is 53.7 Å². The first-order chi connectivity index (χ1) is 11.8. The van der Waals surface area contributed by atoms with Gasteiger partial charge in [0.1, 0.15) is 11.5 Å². The van der Waals surface area contributed by atoms with Gasteiger partial charge in [0.2, 0.25) is 0 Å². The van der Waals surface area contributed by atoms with E-state index < -0.39 is 0 Å². The molecule has 0 radical (unpaired) electrons. The van der Waals surface area contributed by atoms with Gasteiger partial charge in [-0.05, 0) is 82.3 Å². The maximum Gasteiger partial charge on any atom is 0.119 e. The Kier molecular flexibility index (Phi) is 5.28. The van der Waals surface area contributed by atoms with Gasteiger partial charge in [-0.25, -0.2) is 0 Å². The van der Waals surface area contributed by atoms with Gasteiger partial charge in [0, 0.05) is 0 Å². The topological polar surface area (TPSA) is 40.5 Å². The Morgan fingerprint density at radius 3 is 1.19 bits per heavy atom. The summed E-state index contributed by atoms with van der Waals surface area (Å²) in [4.78, 5) is 0. The lowest BCUT2D eigenvalue weighted by Crippen LogP contribution is -2.12. The van der Waals surface area contributed by atoms with Gasteiger partial charge >= 0.3 is 0 Å². The molecular formula is C24H32O2. The molecular weight excluding hydrogens is 320 g/mol. The molecule has 0 heterocycles. The Morgan fingerprint density at radius 1 is 0.615 bits per heavy atom. The van der Waals surface area contributed by atoms with Crippen LogP contribution in [0.4, 0.5) is 0 Å². The fraction of sp³-hybridized carbons (Fsp3) is 0.417. The summed E-state index contributed by atoms with van der Waals surface area (Å²) >= 11 is 0. The fourth-order valence-corrected chi connectivity index (χ4v) is 3.16. The van der Waals surface area contributed by atoms with Crippen LogP contribution in [0.2, 0.25) is 0 Å². The molecule has 0 aromatic heterocycles. The molecule has 26 heavy (non-hydrogen) atoms. The normalized spacial score (nSPS) is 12.8. The average molecular weight is 353 g/mol. The molecule has 2 N–H and O–H groups in total. The molecule has 2 rings (SSSR count). The predicted molar refractivity (Wildman–Crippen MR) is 112 cm³/mol. The highest BCUT2D eigenvalue weighted by atomic mass is 16.3. The van der Waals surface area contributed by atoms with E-state index in [4.69, 9.17) is 0 Å². The van der Waals surface area contributed by atoms with E-state index in [1.54, 1.807) is 0 Å². The molecule has 140 valence electrons. The second-order valence-corrected chi connectivity index (χ2v) is 9.29. The van der Waals surface area contributed by atoms with E-state index >= 15 is 0 Å². The molecule has 0 saturated heterocycles. The van der Waals surface area contributed by atoms with Gasteiger partial charge in [-0.3, -0.25) is 0 Å². The average Bonchev–Trinajstić information content (AvgIpc) is 2.45. The number of phenolic OH excluding ortho intramolecular Hbond substituents is 2. The molecule has 0 aliphatic carbocycles. The quantitative estimate of drug-likeness (QED) is 0.607. The van der Waals surface area contributed by atoms with Crippen molar-refractivity contribution >= 4 is 12.2 Å². The summed E-state index contributed by atoms with van der Waals surface area (Å²) in [5.74, 6) is 0.700. The molecule has 0 amide bonds. The van der Waals surface area contributed by atoms with Crippen LogP contribution in [0.15, 0.2) is 24.3 Å². The summed E-state index contributed by atoms with van der Waals surface area (Å²) in [5.41, 5.74) is 5.93. The van der Waals surface area contributed by atoms with Crippen molar-refractivity contribution < 1.29 is 10.2 Å². The van der Waals surface area contributed by atoms with Crippen LogP contribution in [-0.2, 0) is 10.8 Å². The lowest BCUT2D eigenvalue weighted by atomic mass is 9.83. The highest BCUT2D eigenvalue weighted by molar-refractivity contribution is 5.74. The smallest absolute Gasteiger partial charge is 0.119 e. The van der Waals surface area contributed by atoms with Crippen LogP contribution in [-0.4, -0.2) is 10.2 Å². The van der Waals surface area contributed by atoms with E-state index in [1.807, 2.05) is 26.0 Å². The number of rotatable bonds is 2. The third-order valence-electron chi connectivity index (χ3n) is 4.83. The zero-order chi connectivity index (χ0) is 19.9. The summed E-state index contributed by atoms with van der Waals surface area (Å²) in [7, 11) is 0. The molecule has 0 aliphatic heterocycles. The largest absolute Gasteiger partial charge is 0.508 e. The Hall–Kier alpha value is -2.22. The maximum atomic E-state index is 10.3. The Balaban J connectivity index is 2.51. The molecule has 0 atom stereocenters. The fourth-order valence-electron chi connectivity index (χ4n) is 3.16. The van der Waals surface area contributed by atoms with Crippen LogP contribution in [0.1, 0.15) is 74.9 Å². The van der Waals surface area contributed by atoms with Crippen molar-refractivity contribution in [3.63, 3.8) is 0 Å². The van der Waals surface area contributed by atoms with Gasteiger partial charge in [-0.2, -0.15) is 0 Å². The van der Waals surface area contributed by atoms with Crippen LogP contribution in [0.3, 0.4) is 0 Å². The van der Waals surface area contributed by atoms with Crippen molar-refractivity contribution in [2.45, 2.75) is 66.2 Å². The van der Waals surface area contributed by atoms with Crippen molar-refractivity contribution in [3.8, 4) is 11.5 Å². The minimum atomic E-state index is -0.117. The molecule has 0 aliphatic rings. The summed E-state index contributed by atoms with van der Waals surface area (Å²) in [5, 5.41) is 20.6. The molecule has 2 heteroatoms. The van der Waals surface area contributed by atoms with E-state index in [2.05, 4.69) is 65.8 Å². The Morgan fingerprint density at radius 2 is 0.923 bits per heavy atom. The first-order valence-corrected chi connectivity index (χ1v) is 9.17. The minimum Gasteiger partial charge on any atom is -0.508 e. The molecule has 2 aromatic rings. The van der Waals surface area contributed by atoms with Crippen LogP contribution in [0.25, 0.3) is 12.2 Å². The summed E-state index contributed by atoms with van der Waals surface area (Å²) in [6.07, 6.45) is 4.19. The molecule has 0 fully saturated rings. The van der Waals surface area contributed by atoms with Crippen LogP contribution < -0.4 is 0 Å². The first kappa shape index (κ1) is 20.1. The van der Waals surface area contributed by atoms with E-state index in [0.29, 0.717) is 11.5 Å². The number of aromatic hydroxyl groups is 2. The number of aryl methyl sites for hydroxylation is 2. The predicted octanol–water partition coefficient (Wildman–Crippen LogP) is 6.48. The SMILES string of the molecule is Cc1cc(O)c(C(C)(C)C)cc1/C=C/c1cc(C(C)(C)C)c(O)cc1C. The maximum absolute atomic E-state index is 10.3. The molecule has 0 spiro atoms. The van der Waals surface area contributed by atoms with Crippen molar-refractivity contribution in [2.24, 2.45) is 0 Å². The van der Waals surface area contributed by atoms with E-state index in [0.717, 1.165) is 33.4 Å². The minimum absolute atomic E-state index is 0.117. The number of benzene rings is 2. The second kappa shape index (κ2) is 6.83. The van der Waals surface area contributed by atoms with E-state index in [1.165, 1.54) is 0 Å². The molecule has 0 saturated carbocycles. The highest BCUT2D eigenvalue weighted by Crippen LogP contribution is 2.35. The monoisotopic (exact) mass is 352 g/mol. The van der Waals surface area contributed by atoms with Crippen LogP contribution in [0, 0.1) is 13.8 Å². The standard InChI is InChI=1S/C24H32O2/c1-15-11-21(25)19(23(3,4)5)13-17(15)9-10-18-14-20(24(6,7)8)22(26)12-16(18)2/h9-14,25-26H,1-8H3/b10-9+. The molecule has 2 nitrogen and oxygen atoms in total. The number of hydrogen-bond donors (Lipinski definition) is 2. The van der Waals surface area contributed by atoms with Gasteiger partial charge in [0.05, 0.1) is 0 Å². The van der Waals surface area contributed by atoms with Crippen molar-refractivity contribution in [1.29, 1.82) is 0 Å².